The van der Waals surface area contributed by atoms with Crippen LogP contribution in [0, 0.1) is 6.92 Å². The van der Waals surface area contributed by atoms with Gasteiger partial charge >= 0.3 is 0 Å². The first-order valence-electron chi connectivity index (χ1n) is 8.80. The molecular formula is C17H21N5O4. The van der Waals surface area contributed by atoms with Gasteiger partial charge in [-0.3, -0.25) is 14.5 Å². The predicted molar refractivity (Wildman–Crippen MR) is 90.7 cm³/mol. The lowest BCUT2D eigenvalue weighted by Crippen LogP contribution is -2.50. The van der Waals surface area contributed by atoms with Crippen molar-refractivity contribution >= 4 is 17.6 Å². The quantitative estimate of drug-likeness (QED) is 0.856. The first-order valence-corrected chi connectivity index (χ1v) is 8.80. The largest absolute Gasteiger partial charge is 0.360 e. The molecule has 26 heavy (non-hydrogen) atoms. The van der Waals surface area contributed by atoms with Crippen LogP contribution in [0.25, 0.3) is 0 Å². The summed E-state index contributed by atoms with van der Waals surface area (Å²) in [4.78, 5) is 28.3. The third kappa shape index (κ3) is 3.77. The molecule has 1 N–H and O–H groups in total. The molecule has 1 aliphatic heterocycles. The summed E-state index contributed by atoms with van der Waals surface area (Å²) in [7, 11) is 0. The molecule has 3 heterocycles. The van der Waals surface area contributed by atoms with E-state index in [4.69, 9.17) is 9.05 Å². The van der Waals surface area contributed by atoms with Crippen LogP contribution in [-0.2, 0) is 4.79 Å². The van der Waals surface area contributed by atoms with Crippen molar-refractivity contribution in [2.45, 2.75) is 25.7 Å². The SMILES string of the molecule is Cc1cc(NC(=O)CN2CCN(C(=O)c3cc(C4CC4)on3)CC2)no1. The number of anilines is 1. The maximum absolute atomic E-state index is 12.5. The topological polar surface area (TPSA) is 105 Å². The smallest absolute Gasteiger partial charge is 0.276 e. The third-order valence-electron chi connectivity index (χ3n) is 4.65. The summed E-state index contributed by atoms with van der Waals surface area (Å²) < 4.78 is 10.2. The Morgan fingerprint density at radius 3 is 2.58 bits per heavy atom. The van der Waals surface area contributed by atoms with E-state index >= 15 is 0 Å². The standard InChI is InChI=1S/C17H21N5O4/c1-11-8-15(20-25-11)18-16(23)10-21-4-6-22(7-5-21)17(24)13-9-14(26-19-13)12-2-3-12/h8-9,12H,2-7,10H2,1H3,(H,18,20,23). The van der Waals surface area contributed by atoms with Crippen LogP contribution in [0.15, 0.2) is 21.2 Å². The summed E-state index contributed by atoms with van der Waals surface area (Å²) in [5, 5.41) is 10.4. The van der Waals surface area contributed by atoms with Gasteiger partial charge in [-0.1, -0.05) is 10.3 Å². The number of nitrogens with zero attached hydrogens (tertiary/aromatic N) is 4. The zero-order chi connectivity index (χ0) is 18.1. The molecule has 2 aliphatic rings. The van der Waals surface area contributed by atoms with E-state index in [1.54, 1.807) is 24.0 Å². The summed E-state index contributed by atoms with van der Waals surface area (Å²) in [6, 6.07) is 3.43. The number of carbonyl (C=O) groups excluding carboxylic acids is 2. The highest BCUT2D eigenvalue weighted by Gasteiger charge is 2.30. The Balaban J connectivity index is 1.25. The number of piperazine rings is 1. The van der Waals surface area contributed by atoms with Gasteiger partial charge in [-0.25, -0.2) is 0 Å². The van der Waals surface area contributed by atoms with Gasteiger partial charge in [0.2, 0.25) is 5.91 Å². The minimum atomic E-state index is -0.149. The molecule has 2 aromatic rings. The number of aryl methyl sites for hydroxylation is 1. The molecule has 0 aromatic carbocycles. The second-order valence-corrected chi connectivity index (χ2v) is 6.83. The van der Waals surface area contributed by atoms with Crippen molar-refractivity contribution < 1.29 is 18.6 Å². The molecule has 0 atom stereocenters. The van der Waals surface area contributed by atoms with Gasteiger partial charge in [0.05, 0.1) is 6.54 Å². The van der Waals surface area contributed by atoms with E-state index in [2.05, 4.69) is 15.6 Å². The maximum Gasteiger partial charge on any atom is 0.276 e. The molecule has 1 aliphatic carbocycles. The number of amides is 2. The van der Waals surface area contributed by atoms with Crippen molar-refractivity contribution in [1.82, 2.24) is 20.1 Å². The Morgan fingerprint density at radius 1 is 1.15 bits per heavy atom. The highest BCUT2D eigenvalue weighted by atomic mass is 16.5. The average Bonchev–Trinajstić information content (AvgIpc) is 3.22. The Labute approximate surface area is 150 Å². The molecule has 2 aromatic heterocycles. The van der Waals surface area contributed by atoms with Crippen molar-refractivity contribution in [3.8, 4) is 0 Å². The Hall–Kier alpha value is -2.68. The van der Waals surface area contributed by atoms with Crippen molar-refractivity contribution in [1.29, 1.82) is 0 Å². The number of carbonyl (C=O) groups is 2. The van der Waals surface area contributed by atoms with Crippen LogP contribution in [-0.4, -0.2) is 64.7 Å². The van der Waals surface area contributed by atoms with Crippen LogP contribution in [0.4, 0.5) is 5.82 Å². The summed E-state index contributed by atoms with van der Waals surface area (Å²) in [6.45, 7) is 4.39. The Bertz CT molecular complexity index is 802. The van der Waals surface area contributed by atoms with Gasteiger partial charge < -0.3 is 19.3 Å². The van der Waals surface area contributed by atoms with Crippen molar-refractivity contribution in [3.63, 3.8) is 0 Å². The van der Waals surface area contributed by atoms with Crippen LogP contribution >= 0.6 is 0 Å². The fraction of sp³-hybridized carbons (Fsp3) is 0.529. The van der Waals surface area contributed by atoms with E-state index in [0.717, 1.165) is 18.6 Å². The minimum absolute atomic E-state index is 0.108. The van der Waals surface area contributed by atoms with E-state index < -0.39 is 0 Å². The van der Waals surface area contributed by atoms with Crippen LogP contribution < -0.4 is 5.32 Å². The van der Waals surface area contributed by atoms with Crippen LogP contribution in [0.1, 0.15) is 40.8 Å². The summed E-state index contributed by atoms with van der Waals surface area (Å²) >= 11 is 0. The molecule has 9 heteroatoms. The number of aromatic nitrogens is 2. The third-order valence-corrected chi connectivity index (χ3v) is 4.65. The Kier molecular flexibility index (Phi) is 4.46. The lowest BCUT2D eigenvalue weighted by Gasteiger charge is -2.33. The van der Waals surface area contributed by atoms with Crippen LogP contribution in [0.2, 0.25) is 0 Å². The van der Waals surface area contributed by atoms with Gasteiger partial charge in [-0.15, -0.1) is 0 Å². The number of hydrogen-bond acceptors (Lipinski definition) is 7. The van der Waals surface area contributed by atoms with Crippen LogP contribution in [0.3, 0.4) is 0 Å². The molecule has 2 fully saturated rings. The summed E-state index contributed by atoms with van der Waals surface area (Å²) in [5.74, 6) is 2.05. The van der Waals surface area contributed by atoms with Crippen molar-refractivity contribution in [3.05, 3.63) is 29.3 Å². The van der Waals surface area contributed by atoms with Gasteiger partial charge in [0.15, 0.2) is 11.5 Å². The van der Waals surface area contributed by atoms with E-state index in [1.807, 2.05) is 4.90 Å². The second-order valence-electron chi connectivity index (χ2n) is 6.83. The fourth-order valence-corrected chi connectivity index (χ4v) is 3.03. The molecular weight excluding hydrogens is 338 g/mol. The van der Waals surface area contributed by atoms with Gasteiger partial charge in [0, 0.05) is 44.2 Å². The lowest BCUT2D eigenvalue weighted by molar-refractivity contribution is -0.117. The summed E-state index contributed by atoms with van der Waals surface area (Å²) in [6.07, 6.45) is 2.22. The second kappa shape index (κ2) is 6.91. The highest BCUT2D eigenvalue weighted by Crippen LogP contribution is 2.40. The molecule has 0 spiro atoms. The zero-order valence-electron chi connectivity index (χ0n) is 14.6. The molecule has 1 saturated carbocycles. The molecule has 0 bridgehead atoms. The van der Waals surface area contributed by atoms with Crippen LogP contribution in [0.5, 0.6) is 0 Å². The maximum atomic E-state index is 12.5. The van der Waals surface area contributed by atoms with E-state index in [-0.39, 0.29) is 18.4 Å². The first kappa shape index (κ1) is 16.8. The van der Waals surface area contributed by atoms with Crippen molar-refractivity contribution in [2.75, 3.05) is 38.0 Å². The number of nitrogens with one attached hydrogen (secondary N) is 1. The van der Waals surface area contributed by atoms with Gasteiger partial charge in [0.1, 0.15) is 11.5 Å². The van der Waals surface area contributed by atoms with E-state index in [0.29, 0.717) is 49.4 Å². The average molecular weight is 359 g/mol. The normalized spacial score (nSPS) is 18.1. The Morgan fingerprint density at radius 2 is 1.92 bits per heavy atom. The van der Waals surface area contributed by atoms with Gasteiger partial charge in [-0.05, 0) is 19.8 Å². The fourth-order valence-electron chi connectivity index (χ4n) is 3.03. The molecule has 2 amide bonds. The molecule has 138 valence electrons. The summed E-state index contributed by atoms with van der Waals surface area (Å²) in [5.41, 5.74) is 0.375. The molecule has 0 radical (unpaired) electrons. The number of rotatable bonds is 5. The zero-order valence-corrected chi connectivity index (χ0v) is 14.6. The number of hydrogen-bond donors (Lipinski definition) is 1. The van der Waals surface area contributed by atoms with Gasteiger partial charge in [0.25, 0.3) is 5.91 Å². The predicted octanol–water partition coefficient (Wildman–Crippen LogP) is 1.24. The molecule has 0 unspecified atom stereocenters. The van der Waals surface area contributed by atoms with E-state index in [1.165, 1.54) is 0 Å². The van der Waals surface area contributed by atoms with E-state index in [9.17, 15) is 9.59 Å². The highest BCUT2D eigenvalue weighted by molar-refractivity contribution is 5.92. The molecule has 1 saturated heterocycles. The molecule has 4 rings (SSSR count). The molecule has 9 nitrogen and oxygen atoms in total. The van der Waals surface area contributed by atoms with Crippen molar-refractivity contribution in [2.24, 2.45) is 0 Å². The monoisotopic (exact) mass is 359 g/mol. The van der Waals surface area contributed by atoms with Gasteiger partial charge in [-0.2, -0.15) is 0 Å². The minimum Gasteiger partial charge on any atom is -0.360 e. The first-order chi connectivity index (χ1) is 12.6. The lowest BCUT2D eigenvalue weighted by atomic mass is 10.2.